The first-order valence-corrected chi connectivity index (χ1v) is 13.8. The number of methoxy groups -OCH3 is 2. The lowest BCUT2D eigenvalue weighted by atomic mass is 9.71. The molecule has 1 saturated heterocycles. The van der Waals surface area contributed by atoms with Crippen LogP contribution in [0.5, 0.6) is 23.0 Å². The summed E-state index contributed by atoms with van der Waals surface area (Å²) in [5, 5.41) is 36.6. The van der Waals surface area contributed by atoms with Gasteiger partial charge in [0.25, 0.3) is 0 Å². The van der Waals surface area contributed by atoms with Gasteiger partial charge >= 0.3 is 0 Å². The average Bonchev–Trinajstić information content (AvgIpc) is 2.91. The highest BCUT2D eigenvalue weighted by molar-refractivity contribution is 5.81. The average molecular weight is 550 g/mol. The van der Waals surface area contributed by atoms with E-state index in [1.54, 1.807) is 14.0 Å². The van der Waals surface area contributed by atoms with Crippen molar-refractivity contribution in [2.75, 3.05) is 27.3 Å². The molecule has 0 saturated carbocycles. The van der Waals surface area contributed by atoms with Gasteiger partial charge in [-0.05, 0) is 62.4 Å². The topological polar surface area (TPSA) is 144 Å². The van der Waals surface area contributed by atoms with Gasteiger partial charge in [-0.1, -0.05) is 19.1 Å². The van der Waals surface area contributed by atoms with Gasteiger partial charge in [0.2, 0.25) is 5.91 Å². The molecule has 1 amide bonds. The first-order valence-electron chi connectivity index (χ1n) is 13.8. The zero-order valence-electron chi connectivity index (χ0n) is 24.0. The molecule has 5 rings (SSSR count). The molecule has 3 aliphatic rings. The van der Waals surface area contributed by atoms with E-state index in [2.05, 4.69) is 34.2 Å². The fourth-order valence-electron chi connectivity index (χ4n) is 7.44. The van der Waals surface area contributed by atoms with E-state index in [-0.39, 0.29) is 42.1 Å². The molecule has 0 spiro atoms. The zero-order chi connectivity index (χ0) is 29.0. The number of carbonyl (C=O) groups excluding carboxylic acids is 1. The Morgan fingerprint density at radius 2 is 1.65 bits per heavy atom. The highest BCUT2D eigenvalue weighted by Gasteiger charge is 2.56. The molecule has 2 aromatic carbocycles. The van der Waals surface area contributed by atoms with Crippen LogP contribution in [0.15, 0.2) is 12.1 Å². The Labute approximate surface area is 235 Å². The number of aromatic hydroxyl groups is 2. The van der Waals surface area contributed by atoms with E-state index in [4.69, 9.17) is 15.2 Å². The standard InChI is InChI=1S/C30H39N5O5/c1-7-34-19-10-18-9-15(3)29(40-6)27(37)24(18)25(34)20-11-17-8-14(2)28(39-5)26(36)23(17)22(35(20)21(19)12-31)13-33-30(38)16(4)32/h8-9,16,19-22,25,36-37H,7,10-11,13,32H2,1-6H3,(H,33,38)/t16-,19-,20-,21-,22-,25-/m0/s1. The highest BCUT2D eigenvalue weighted by atomic mass is 16.5. The number of rotatable bonds is 6. The number of hydrogen-bond donors (Lipinski definition) is 4. The molecule has 214 valence electrons. The van der Waals surface area contributed by atoms with Crippen LogP contribution < -0.4 is 20.5 Å². The Hall–Kier alpha value is -3.52. The van der Waals surface area contributed by atoms with E-state index in [0.29, 0.717) is 36.4 Å². The van der Waals surface area contributed by atoms with Gasteiger partial charge in [0.05, 0.1) is 38.4 Å². The van der Waals surface area contributed by atoms with E-state index in [1.165, 1.54) is 7.11 Å². The lowest BCUT2D eigenvalue weighted by Crippen LogP contribution is -2.69. The number of piperazine rings is 1. The van der Waals surface area contributed by atoms with Crippen LogP contribution in [0.1, 0.15) is 59.3 Å². The summed E-state index contributed by atoms with van der Waals surface area (Å²) in [6.07, 6.45) is 1.11. The lowest BCUT2D eigenvalue weighted by Gasteiger charge is -2.60. The van der Waals surface area contributed by atoms with Crippen molar-refractivity contribution in [2.45, 2.75) is 76.8 Å². The summed E-state index contributed by atoms with van der Waals surface area (Å²) < 4.78 is 11.2. The van der Waals surface area contributed by atoms with Crippen LogP contribution in [0.4, 0.5) is 0 Å². The number of ether oxygens (including phenoxy) is 2. The minimum atomic E-state index is -0.706. The Kier molecular flexibility index (Phi) is 7.33. The monoisotopic (exact) mass is 549 g/mol. The Morgan fingerprint density at radius 1 is 1.10 bits per heavy atom. The minimum absolute atomic E-state index is 0.0244. The van der Waals surface area contributed by atoms with Gasteiger partial charge < -0.3 is 30.7 Å². The van der Waals surface area contributed by atoms with Crippen molar-refractivity contribution in [3.05, 3.63) is 45.5 Å². The molecule has 10 nitrogen and oxygen atoms in total. The van der Waals surface area contributed by atoms with Crippen LogP contribution in [0.2, 0.25) is 0 Å². The summed E-state index contributed by atoms with van der Waals surface area (Å²) in [6.45, 7) is 8.36. The van der Waals surface area contributed by atoms with E-state index in [1.807, 2.05) is 19.9 Å². The van der Waals surface area contributed by atoms with E-state index >= 15 is 0 Å². The maximum Gasteiger partial charge on any atom is 0.236 e. The van der Waals surface area contributed by atoms with Gasteiger partial charge in [-0.15, -0.1) is 0 Å². The smallest absolute Gasteiger partial charge is 0.236 e. The largest absolute Gasteiger partial charge is 0.504 e. The van der Waals surface area contributed by atoms with Crippen molar-refractivity contribution in [1.82, 2.24) is 15.1 Å². The summed E-state index contributed by atoms with van der Waals surface area (Å²) in [7, 11) is 3.08. The molecule has 0 radical (unpaired) electrons. The normalized spacial score (nSPS) is 26.1. The molecule has 5 N–H and O–H groups in total. The second kappa shape index (κ2) is 10.5. The van der Waals surface area contributed by atoms with Crippen LogP contribution in [-0.2, 0) is 17.6 Å². The number of nitriles is 1. The van der Waals surface area contributed by atoms with Crippen LogP contribution in [0.3, 0.4) is 0 Å². The van der Waals surface area contributed by atoms with E-state index < -0.39 is 18.1 Å². The SMILES string of the molecule is CCN1[C@@H]2c3c(cc(C)c(OC)c3O)C[C@H]1[C@H](C#N)N1[C@@H](CNC(=O)[C@H](C)N)c3c(cc(C)c(OC)c3O)C[C@@H]21. The van der Waals surface area contributed by atoms with Crippen molar-refractivity contribution >= 4 is 5.91 Å². The molecule has 10 heteroatoms. The minimum Gasteiger partial charge on any atom is -0.504 e. The van der Waals surface area contributed by atoms with Crippen molar-refractivity contribution < 1.29 is 24.5 Å². The lowest BCUT2D eigenvalue weighted by molar-refractivity contribution is -0.123. The third-order valence-corrected chi connectivity index (χ3v) is 8.98. The number of nitrogens with two attached hydrogens (primary N) is 1. The number of hydrogen-bond acceptors (Lipinski definition) is 9. The van der Waals surface area contributed by atoms with Crippen LogP contribution in [0, 0.1) is 25.2 Å². The first-order chi connectivity index (χ1) is 19.1. The van der Waals surface area contributed by atoms with Crippen LogP contribution in [-0.4, -0.2) is 77.4 Å². The summed E-state index contributed by atoms with van der Waals surface area (Å²) in [4.78, 5) is 17.1. The van der Waals surface area contributed by atoms with Gasteiger partial charge in [0.15, 0.2) is 23.0 Å². The summed E-state index contributed by atoms with van der Waals surface area (Å²) in [6, 6.07) is 4.31. The highest BCUT2D eigenvalue weighted by Crippen LogP contribution is 2.55. The predicted octanol–water partition coefficient (Wildman–Crippen LogP) is 2.36. The number of amides is 1. The molecular weight excluding hydrogens is 510 g/mol. The third-order valence-electron chi connectivity index (χ3n) is 8.98. The molecule has 2 bridgehead atoms. The number of fused-ring (bicyclic) bond motifs is 7. The second-order valence-electron chi connectivity index (χ2n) is 11.2. The molecule has 3 heterocycles. The Morgan fingerprint density at radius 3 is 2.17 bits per heavy atom. The first kappa shape index (κ1) is 28.0. The van der Waals surface area contributed by atoms with Gasteiger partial charge in [0, 0.05) is 29.8 Å². The number of aryl methyl sites for hydroxylation is 2. The number of nitrogens with zero attached hydrogens (tertiary/aromatic N) is 3. The van der Waals surface area contributed by atoms with Crippen LogP contribution >= 0.6 is 0 Å². The van der Waals surface area contributed by atoms with Crippen molar-refractivity contribution in [2.24, 2.45) is 5.73 Å². The summed E-state index contributed by atoms with van der Waals surface area (Å²) in [5.74, 6) is 0.681. The number of benzene rings is 2. The van der Waals surface area contributed by atoms with Gasteiger partial charge in [-0.3, -0.25) is 14.6 Å². The molecule has 0 aliphatic carbocycles. The van der Waals surface area contributed by atoms with Gasteiger partial charge in [0.1, 0.15) is 6.04 Å². The quantitative estimate of drug-likeness (QED) is 0.427. The van der Waals surface area contributed by atoms with Gasteiger partial charge in [-0.25, -0.2) is 0 Å². The second-order valence-corrected chi connectivity index (χ2v) is 11.2. The number of phenolic OH excluding ortho intramolecular Hbond substituents is 2. The number of phenols is 2. The third kappa shape index (κ3) is 4.07. The fraction of sp³-hybridized carbons (Fsp3) is 0.533. The maximum absolute atomic E-state index is 12.6. The Balaban J connectivity index is 1.75. The molecule has 40 heavy (non-hydrogen) atoms. The summed E-state index contributed by atoms with van der Waals surface area (Å²) in [5.41, 5.74) is 10.9. The summed E-state index contributed by atoms with van der Waals surface area (Å²) >= 11 is 0. The number of likely N-dealkylation sites (N-methyl/N-ethyl adjacent to an activating group) is 1. The maximum atomic E-state index is 12.6. The van der Waals surface area contributed by atoms with Crippen molar-refractivity contribution in [3.8, 4) is 29.1 Å². The van der Waals surface area contributed by atoms with Crippen LogP contribution in [0.25, 0.3) is 0 Å². The molecule has 0 unspecified atom stereocenters. The number of carbonyl (C=O) groups is 1. The molecule has 1 fully saturated rings. The Bertz CT molecular complexity index is 1390. The number of nitrogens with one attached hydrogen (secondary N) is 1. The fourth-order valence-corrected chi connectivity index (χ4v) is 7.44. The van der Waals surface area contributed by atoms with Gasteiger partial charge in [-0.2, -0.15) is 5.26 Å². The molecule has 3 aliphatic heterocycles. The predicted molar refractivity (Wildman–Crippen MR) is 150 cm³/mol. The molecule has 6 atom stereocenters. The van der Waals surface area contributed by atoms with Crippen molar-refractivity contribution in [1.29, 1.82) is 5.26 Å². The molecule has 2 aromatic rings. The van der Waals surface area contributed by atoms with E-state index in [0.717, 1.165) is 27.8 Å². The zero-order valence-corrected chi connectivity index (χ0v) is 24.0. The van der Waals surface area contributed by atoms with Crippen molar-refractivity contribution in [3.63, 3.8) is 0 Å². The van der Waals surface area contributed by atoms with E-state index in [9.17, 15) is 20.3 Å². The molecule has 0 aromatic heterocycles. The molecular formula is C30H39N5O5.